The van der Waals surface area contributed by atoms with Crippen molar-refractivity contribution in [3.63, 3.8) is 0 Å². The molecule has 0 aromatic heterocycles. The van der Waals surface area contributed by atoms with Crippen molar-refractivity contribution in [3.05, 3.63) is 64.7 Å². The van der Waals surface area contributed by atoms with E-state index < -0.39 is 23.9 Å². The molecule has 9 heteroatoms. The Kier molecular flexibility index (Phi) is 5.95. The molecule has 0 spiro atoms. The number of amides is 2. The van der Waals surface area contributed by atoms with Gasteiger partial charge in [-0.25, -0.2) is 0 Å². The molecule has 2 amide bonds. The quantitative estimate of drug-likeness (QED) is 0.441. The fourth-order valence-corrected chi connectivity index (χ4v) is 3.03. The Balaban J connectivity index is 1.87. The minimum atomic E-state index is -1.34. The standard InChI is InChI=1S/C20H15ClN2O5S/c1-11(19(26)27)28-15-7-5-12(6-8-15)9-16-17(24)22-20(29)23(18(16)25)14-4-2-3-13(21)10-14/h2-11H,1H3,(H,26,27)(H,22,24,29)/p-1/b16-9+/t11-/m0/s1. The molecule has 0 radical (unpaired) electrons. The van der Waals surface area contributed by atoms with Gasteiger partial charge in [-0.3, -0.25) is 19.8 Å². The van der Waals surface area contributed by atoms with E-state index in [9.17, 15) is 19.5 Å². The number of rotatable bonds is 5. The first-order chi connectivity index (χ1) is 13.8. The third-order valence-corrected chi connectivity index (χ3v) is 4.52. The van der Waals surface area contributed by atoms with Gasteiger partial charge in [0.1, 0.15) is 17.4 Å². The van der Waals surface area contributed by atoms with Crippen LogP contribution in [0, 0.1) is 0 Å². The number of carbonyl (C=O) groups is 3. The third-order valence-electron chi connectivity index (χ3n) is 4.00. The van der Waals surface area contributed by atoms with E-state index in [0.717, 1.165) is 0 Å². The Hall–Kier alpha value is -3.23. The molecule has 1 atom stereocenters. The van der Waals surface area contributed by atoms with Crippen molar-refractivity contribution in [1.82, 2.24) is 5.32 Å². The van der Waals surface area contributed by atoms with Crippen LogP contribution in [0.15, 0.2) is 54.1 Å². The van der Waals surface area contributed by atoms with Crippen LogP contribution in [0.1, 0.15) is 12.5 Å². The van der Waals surface area contributed by atoms with E-state index in [0.29, 0.717) is 22.0 Å². The zero-order valence-corrected chi connectivity index (χ0v) is 16.6. The zero-order valence-electron chi connectivity index (χ0n) is 15.0. The second-order valence-corrected chi connectivity index (χ2v) is 6.91. The van der Waals surface area contributed by atoms with E-state index in [1.807, 2.05) is 0 Å². The van der Waals surface area contributed by atoms with Gasteiger partial charge in [-0.15, -0.1) is 0 Å². The molecule has 1 fully saturated rings. The number of hydrogen-bond acceptors (Lipinski definition) is 6. The summed E-state index contributed by atoms with van der Waals surface area (Å²) in [5.74, 6) is -2.24. The number of aliphatic carboxylic acids is 1. The SMILES string of the molecule is C[C@H](Oc1ccc(/C=C2\C(=O)NC(=S)N(c3cccc(Cl)c3)C2=O)cc1)C(=O)[O-]. The van der Waals surface area contributed by atoms with Gasteiger partial charge in [-0.2, -0.15) is 0 Å². The molecule has 3 rings (SSSR count). The van der Waals surface area contributed by atoms with Gasteiger partial charge in [0.2, 0.25) is 0 Å². The monoisotopic (exact) mass is 429 g/mol. The largest absolute Gasteiger partial charge is 0.546 e. The molecule has 0 bridgehead atoms. The van der Waals surface area contributed by atoms with E-state index in [1.165, 1.54) is 30.0 Å². The summed E-state index contributed by atoms with van der Waals surface area (Å²) >= 11 is 11.1. The summed E-state index contributed by atoms with van der Waals surface area (Å²) in [6, 6.07) is 12.7. The van der Waals surface area contributed by atoms with Crippen LogP contribution in [0.25, 0.3) is 6.08 Å². The molecule has 148 valence electrons. The van der Waals surface area contributed by atoms with Gasteiger partial charge < -0.3 is 14.6 Å². The number of carbonyl (C=O) groups excluding carboxylic acids is 3. The van der Waals surface area contributed by atoms with Crippen LogP contribution in [0.3, 0.4) is 0 Å². The van der Waals surface area contributed by atoms with Gasteiger partial charge in [0.15, 0.2) is 5.11 Å². The summed E-state index contributed by atoms with van der Waals surface area (Å²) in [5, 5.41) is 13.6. The summed E-state index contributed by atoms with van der Waals surface area (Å²) in [5.41, 5.74) is 0.851. The summed E-state index contributed by atoms with van der Waals surface area (Å²) in [6.07, 6.45) is 0.292. The zero-order chi connectivity index (χ0) is 21.1. The van der Waals surface area contributed by atoms with Gasteiger partial charge in [0, 0.05) is 5.02 Å². The number of halogens is 1. The summed E-state index contributed by atoms with van der Waals surface area (Å²) in [6.45, 7) is 1.35. The maximum Gasteiger partial charge on any atom is 0.270 e. The lowest BCUT2D eigenvalue weighted by Gasteiger charge is -2.29. The molecule has 1 aliphatic heterocycles. The number of ether oxygens (including phenoxy) is 1. The summed E-state index contributed by atoms with van der Waals surface area (Å²) in [7, 11) is 0. The Bertz CT molecular complexity index is 1040. The topological polar surface area (TPSA) is 98.8 Å². The predicted molar refractivity (Wildman–Crippen MR) is 109 cm³/mol. The highest BCUT2D eigenvalue weighted by atomic mass is 35.5. The molecule has 1 heterocycles. The van der Waals surface area contributed by atoms with Crippen LogP contribution in [-0.4, -0.2) is 29.0 Å². The minimum Gasteiger partial charge on any atom is -0.546 e. The Morgan fingerprint density at radius 1 is 1.24 bits per heavy atom. The van der Waals surface area contributed by atoms with Gasteiger partial charge in [-0.05, 0) is 61.1 Å². The first-order valence-electron chi connectivity index (χ1n) is 8.41. The van der Waals surface area contributed by atoms with Crippen LogP contribution in [0.4, 0.5) is 5.69 Å². The highest BCUT2D eigenvalue weighted by molar-refractivity contribution is 7.80. The second-order valence-electron chi connectivity index (χ2n) is 6.09. The van der Waals surface area contributed by atoms with Gasteiger partial charge in [-0.1, -0.05) is 29.8 Å². The number of thiocarbonyl (C=S) groups is 1. The van der Waals surface area contributed by atoms with Crippen molar-refractivity contribution in [2.24, 2.45) is 0 Å². The number of nitrogens with one attached hydrogen (secondary N) is 1. The third kappa shape index (κ3) is 4.61. The molecular weight excluding hydrogens is 416 g/mol. The van der Waals surface area contributed by atoms with Crippen molar-refractivity contribution < 1.29 is 24.2 Å². The molecule has 29 heavy (non-hydrogen) atoms. The predicted octanol–water partition coefficient (Wildman–Crippen LogP) is 1.69. The molecule has 2 aromatic rings. The maximum absolute atomic E-state index is 12.9. The molecule has 1 saturated heterocycles. The molecule has 1 aliphatic rings. The maximum atomic E-state index is 12.9. The van der Waals surface area contributed by atoms with Crippen LogP contribution in [0.2, 0.25) is 5.02 Å². The second kappa shape index (κ2) is 8.42. The lowest BCUT2D eigenvalue weighted by atomic mass is 10.1. The van der Waals surface area contributed by atoms with Gasteiger partial charge in [0.25, 0.3) is 11.8 Å². The first-order valence-corrected chi connectivity index (χ1v) is 9.19. The van der Waals surface area contributed by atoms with Crippen LogP contribution in [-0.2, 0) is 14.4 Å². The average molecular weight is 430 g/mol. The lowest BCUT2D eigenvalue weighted by molar-refractivity contribution is -0.312. The minimum absolute atomic E-state index is 0.0422. The first kappa shape index (κ1) is 20.5. The molecule has 0 aliphatic carbocycles. The summed E-state index contributed by atoms with van der Waals surface area (Å²) in [4.78, 5) is 37.2. The smallest absolute Gasteiger partial charge is 0.270 e. The number of nitrogens with zero attached hydrogens (tertiary/aromatic N) is 1. The molecule has 0 saturated carbocycles. The number of carboxylic acid groups (broad SMARTS) is 1. The van der Waals surface area contributed by atoms with E-state index >= 15 is 0 Å². The Labute approximate surface area is 176 Å². The van der Waals surface area contributed by atoms with E-state index in [-0.39, 0.29) is 10.7 Å². The van der Waals surface area contributed by atoms with Crippen LogP contribution >= 0.6 is 23.8 Å². The Morgan fingerprint density at radius 2 is 1.93 bits per heavy atom. The average Bonchev–Trinajstić information content (AvgIpc) is 2.66. The number of benzene rings is 2. The summed E-state index contributed by atoms with van der Waals surface area (Å²) < 4.78 is 5.20. The normalized spacial score (nSPS) is 16.6. The molecule has 7 nitrogen and oxygen atoms in total. The van der Waals surface area contributed by atoms with E-state index in [4.69, 9.17) is 28.6 Å². The van der Waals surface area contributed by atoms with E-state index in [1.54, 1.807) is 36.4 Å². The van der Waals surface area contributed by atoms with Gasteiger partial charge in [0.05, 0.1) is 11.7 Å². The Morgan fingerprint density at radius 3 is 2.55 bits per heavy atom. The number of anilines is 1. The van der Waals surface area contributed by atoms with Gasteiger partial charge >= 0.3 is 0 Å². The van der Waals surface area contributed by atoms with Crippen molar-refractivity contribution in [3.8, 4) is 5.75 Å². The van der Waals surface area contributed by atoms with Crippen molar-refractivity contribution >= 4 is 58.5 Å². The fourth-order valence-electron chi connectivity index (χ4n) is 2.57. The number of carboxylic acids is 1. The molecule has 1 N–H and O–H groups in total. The molecule has 2 aromatic carbocycles. The number of hydrogen-bond donors (Lipinski definition) is 1. The highest BCUT2D eigenvalue weighted by Crippen LogP contribution is 2.25. The molecule has 0 unspecified atom stereocenters. The van der Waals surface area contributed by atoms with Crippen LogP contribution < -0.4 is 20.1 Å². The van der Waals surface area contributed by atoms with Crippen molar-refractivity contribution in [1.29, 1.82) is 0 Å². The van der Waals surface area contributed by atoms with Crippen molar-refractivity contribution in [2.45, 2.75) is 13.0 Å². The lowest BCUT2D eigenvalue weighted by Crippen LogP contribution is -2.54. The fraction of sp³-hybridized carbons (Fsp3) is 0.100. The van der Waals surface area contributed by atoms with E-state index in [2.05, 4.69) is 5.32 Å². The van der Waals surface area contributed by atoms with Crippen molar-refractivity contribution in [2.75, 3.05) is 4.90 Å². The molecular formula is C20H14ClN2O5S-. The van der Waals surface area contributed by atoms with Crippen LogP contribution in [0.5, 0.6) is 5.75 Å². The highest BCUT2D eigenvalue weighted by Gasteiger charge is 2.34.